The quantitative estimate of drug-likeness (QED) is 0.350. The first-order valence-corrected chi connectivity index (χ1v) is 12.2. The van der Waals surface area contributed by atoms with E-state index in [-0.39, 0.29) is 31.6 Å². The summed E-state index contributed by atoms with van der Waals surface area (Å²) in [6, 6.07) is 24.6. The number of aromatic nitrogens is 1. The number of fused-ring (bicyclic) bond motifs is 1. The predicted molar refractivity (Wildman–Crippen MR) is 142 cm³/mol. The highest BCUT2D eigenvalue weighted by molar-refractivity contribution is 5.98. The van der Waals surface area contributed by atoms with Crippen LogP contribution in [0, 0.1) is 0 Å². The lowest BCUT2D eigenvalue weighted by molar-refractivity contribution is -0.139. The summed E-state index contributed by atoms with van der Waals surface area (Å²) < 4.78 is 16.3. The van der Waals surface area contributed by atoms with Gasteiger partial charge in [0.05, 0.1) is 13.5 Å². The highest BCUT2D eigenvalue weighted by Gasteiger charge is 2.32. The lowest BCUT2D eigenvalue weighted by Crippen LogP contribution is -2.41. The zero-order chi connectivity index (χ0) is 26.3. The Morgan fingerprint density at radius 3 is 2.55 bits per heavy atom. The van der Waals surface area contributed by atoms with Crippen LogP contribution in [-0.4, -0.2) is 35.6 Å². The second kappa shape index (κ2) is 11.5. The number of carbonyl (C=O) groups is 2. The summed E-state index contributed by atoms with van der Waals surface area (Å²) >= 11 is 0. The van der Waals surface area contributed by atoms with Gasteiger partial charge in [0.1, 0.15) is 11.8 Å². The molecule has 5 rings (SSSR count). The van der Waals surface area contributed by atoms with Gasteiger partial charge in [-0.2, -0.15) is 0 Å². The number of carbonyl (C=O) groups excluding carboxylic acids is 2. The van der Waals surface area contributed by atoms with E-state index >= 15 is 0 Å². The predicted octanol–water partition coefficient (Wildman–Crippen LogP) is 4.77. The molecule has 0 spiro atoms. The second-order valence-corrected chi connectivity index (χ2v) is 8.78. The van der Waals surface area contributed by atoms with E-state index in [1.807, 2.05) is 48.5 Å². The monoisotopic (exact) mass is 509 g/mol. The lowest BCUT2D eigenvalue weighted by Gasteiger charge is -2.32. The van der Waals surface area contributed by atoms with Crippen molar-refractivity contribution in [3.63, 3.8) is 0 Å². The number of anilines is 1. The molecule has 1 aromatic heterocycles. The van der Waals surface area contributed by atoms with Crippen LogP contribution in [-0.2, 0) is 22.6 Å². The van der Waals surface area contributed by atoms with Crippen LogP contribution in [0.2, 0.25) is 0 Å². The first-order valence-electron chi connectivity index (χ1n) is 12.2. The van der Waals surface area contributed by atoms with Gasteiger partial charge in [0.2, 0.25) is 12.7 Å². The van der Waals surface area contributed by atoms with Crippen LogP contribution in [0.1, 0.15) is 22.7 Å². The Hall–Kier alpha value is -4.85. The molecule has 1 unspecified atom stereocenters. The first kappa shape index (κ1) is 24.8. The van der Waals surface area contributed by atoms with E-state index in [0.717, 1.165) is 11.1 Å². The number of amides is 2. The molecular weight excluding hydrogens is 482 g/mol. The molecule has 0 fully saturated rings. The largest absolute Gasteiger partial charge is 0.497 e. The van der Waals surface area contributed by atoms with Crippen molar-refractivity contribution in [2.45, 2.75) is 19.0 Å². The van der Waals surface area contributed by atoms with Crippen molar-refractivity contribution in [3.8, 4) is 17.2 Å². The molecule has 1 N–H and O–H groups in total. The molecule has 192 valence electrons. The molecule has 1 atom stereocenters. The maximum atomic E-state index is 14.0. The number of nitrogens with zero attached hydrogens (tertiary/aromatic N) is 2. The van der Waals surface area contributed by atoms with Crippen LogP contribution in [0.15, 0.2) is 97.3 Å². The Bertz CT molecular complexity index is 1410. The number of pyridine rings is 1. The van der Waals surface area contributed by atoms with Gasteiger partial charge in [0.15, 0.2) is 11.5 Å². The fourth-order valence-corrected chi connectivity index (χ4v) is 4.35. The molecule has 0 bridgehead atoms. The molecular formula is C30H27N3O5. The number of benzene rings is 3. The number of hydrogen-bond donors (Lipinski definition) is 1. The normalized spacial score (nSPS) is 12.4. The van der Waals surface area contributed by atoms with Crippen LogP contribution in [0.5, 0.6) is 17.2 Å². The molecule has 4 aromatic rings. The Labute approximate surface area is 220 Å². The summed E-state index contributed by atoms with van der Waals surface area (Å²) in [5, 5.41) is 2.97. The number of rotatable bonds is 9. The zero-order valence-electron chi connectivity index (χ0n) is 20.9. The van der Waals surface area contributed by atoms with Crippen molar-refractivity contribution >= 4 is 17.5 Å². The molecule has 1 aliphatic rings. The molecule has 8 heteroatoms. The summed E-state index contributed by atoms with van der Waals surface area (Å²) in [7, 11) is 1.56. The maximum absolute atomic E-state index is 14.0. The van der Waals surface area contributed by atoms with E-state index in [2.05, 4.69) is 10.3 Å². The van der Waals surface area contributed by atoms with Crippen molar-refractivity contribution < 1.29 is 23.8 Å². The lowest BCUT2D eigenvalue weighted by atomic mass is 10.0. The maximum Gasteiger partial charge on any atom is 0.251 e. The van der Waals surface area contributed by atoms with E-state index < -0.39 is 6.04 Å². The van der Waals surface area contributed by atoms with E-state index in [9.17, 15) is 9.59 Å². The third-order valence-electron chi connectivity index (χ3n) is 6.20. The van der Waals surface area contributed by atoms with Crippen molar-refractivity contribution in [2.75, 3.05) is 19.2 Å². The number of hydrogen-bond acceptors (Lipinski definition) is 6. The molecule has 2 amide bonds. The van der Waals surface area contributed by atoms with Gasteiger partial charge in [-0.25, -0.2) is 0 Å². The Morgan fingerprint density at radius 1 is 0.947 bits per heavy atom. The van der Waals surface area contributed by atoms with E-state index in [1.165, 1.54) is 0 Å². The molecule has 0 saturated carbocycles. The minimum absolute atomic E-state index is 0.131. The van der Waals surface area contributed by atoms with Gasteiger partial charge in [-0.1, -0.05) is 48.5 Å². The molecule has 38 heavy (non-hydrogen) atoms. The van der Waals surface area contributed by atoms with Crippen LogP contribution in [0.25, 0.3) is 0 Å². The third-order valence-corrected chi connectivity index (χ3v) is 6.20. The van der Waals surface area contributed by atoms with Gasteiger partial charge in [0, 0.05) is 30.7 Å². The van der Waals surface area contributed by atoms with Crippen molar-refractivity contribution in [2.24, 2.45) is 0 Å². The van der Waals surface area contributed by atoms with Crippen molar-refractivity contribution in [3.05, 3.63) is 114 Å². The van der Waals surface area contributed by atoms with Gasteiger partial charge >= 0.3 is 0 Å². The van der Waals surface area contributed by atoms with E-state index in [1.54, 1.807) is 60.8 Å². The summed E-state index contributed by atoms with van der Waals surface area (Å²) in [5.41, 5.74) is 2.81. The highest BCUT2D eigenvalue weighted by Crippen LogP contribution is 2.35. The Morgan fingerprint density at radius 2 is 1.76 bits per heavy atom. The molecule has 0 aliphatic carbocycles. The molecule has 2 heterocycles. The fourth-order valence-electron chi connectivity index (χ4n) is 4.35. The van der Waals surface area contributed by atoms with Crippen LogP contribution < -0.4 is 19.5 Å². The number of nitrogens with one attached hydrogen (secondary N) is 1. The average Bonchev–Trinajstić information content (AvgIpc) is 3.42. The third kappa shape index (κ3) is 5.75. The summed E-state index contributed by atoms with van der Waals surface area (Å²) in [4.78, 5) is 33.6. The minimum atomic E-state index is -0.952. The average molecular weight is 510 g/mol. The van der Waals surface area contributed by atoms with Crippen molar-refractivity contribution in [1.82, 2.24) is 9.88 Å². The van der Waals surface area contributed by atoms with Crippen LogP contribution in [0.4, 0.5) is 5.69 Å². The zero-order valence-corrected chi connectivity index (χ0v) is 20.9. The van der Waals surface area contributed by atoms with Gasteiger partial charge in [-0.05, 0) is 47.0 Å². The van der Waals surface area contributed by atoms with E-state index in [0.29, 0.717) is 28.5 Å². The fraction of sp³-hybridized carbons (Fsp3) is 0.167. The van der Waals surface area contributed by atoms with Crippen LogP contribution in [0.3, 0.4) is 0 Å². The molecule has 0 saturated heterocycles. The first-order chi connectivity index (χ1) is 18.6. The minimum Gasteiger partial charge on any atom is -0.497 e. The van der Waals surface area contributed by atoms with Gasteiger partial charge in [0.25, 0.3) is 5.91 Å². The second-order valence-electron chi connectivity index (χ2n) is 8.78. The van der Waals surface area contributed by atoms with Crippen LogP contribution >= 0.6 is 0 Å². The SMILES string of the molecule is COc1cccc(C(C(=O)Nc2ccc3c(c2)OCO3)N(Cc2cccnc2)C(=O)Cc2ccccc2)c1. The van der Waals surface area contributed by atoms with Crippen molar-refractivity contribution in [1.29, 1.82) is 0 Å². The van der Waals surface area contributed by atoms with Gasteiger partial charge in [-0.15, -0.1) is 0 Å². The van der Waals surface area contributed by atoms with Gasteiger partial charge < -0.3 is 24.4 Å². The molecule has 1 aliphatic heterocycles. The molecule has 8 nitrogen and oxygen atoms in total. The highest BCUT2D eigenvalue weighted by atomic mass is 16.7. The Kier molecular flexibility index (Phi) is 7.49. The summed E-state index contributed by atoms with van der Waals surface area (Å²) in [5.74, 6) is 1.17. The van der Waals surface area contributed by atoms with Gasteiger partial charge in [-0.3, -0.25) is 14.6 Å². The topological polar surface area (TPSA) is 90.0 Å². The molecule has 0 radical (unpaired) electrons. The van der Waals surface area contributed by atoms with E-state index in [4.69, 9.17) is 14.2 Å². The number of methoxy groups -OCH3 is 1. The summed E-state index contributed by atoms with van der Waals surface area (Å²) in [6.45, 7) is 0.321. The molecule has 3 aromatic carbocycles. The standard InChI is InChI=1S/C30H27N3O5/c1-36-25-11-5-10-23(16-25)29(30(35)32-24-12-13-26-27(17-24)38-20-37-26)33(19-22-9-6-14-31-18-22)28(34)15-21-7-3-2-4-8-21/h2-14,16-18,29H,15,19-20H2,1H3,(H,32,35). The summed E-state index contributed by atoms with van der Waals surface area (Å²) in [6.07, 6.45) is 3.51. The smallest absolute Gasteiger partial charge is 0.251 e. The Balaban J connectivity index is 1.53. The number of ether oxygens (including phenoxy) is 3.